The Morgan fingerprint density at radius 2 is 1.86 bits per heavy atom. The van der Waals surface area contributed by atoms with Crippen LogP contribution in [-0.4, -0.2) is 12.1 Å². The predicted molar refractivity (Wildman–Crippen MR) is 47.1 cm³/mol. The largest absolute Gasteiger partial charge is 0.416 e. The second kappa shape index (κ2) is 3.98. The summed E-state index contributed by atoms with van der Waals surface area (Å²) in [6, 6.07) is 5.40. The van der Waals surface area contributed by atoms with Crippen molar-refractivity contribution >= 4 is 0 Å². The fourth-order valence-electron chi connectivity index (χ4n) is 1.20. The van der Waals surface area contributed by atoms with Gasteiger partial charge in [-0.3, -0.25) is 5.84 Å². The topological polar surface area (TPSA) is 29.3 Å². The number of hydrazine groups is 1. The van der Waals surface area contributed by atoms with Gasteiger partial charge in [0.25, 0.3) is 0 Å². The van der Waals surface area contributed by atoms with Crippen LogP contribution in [0.2, 0.25) is 0 Å². The lowest BCUT2D eigenvalue weighted by Gasteiger charge is -2.15. The maximum atomic E-state index is 12.4. The number of hydrogen-bond acceptors (Lipinski definition) is 2. The van der Waals surface area contributed by atoms with Crippen LogP contribution in [0.15, 0.2) is 24.3 Å². The van der Waals surface area contributed by atoms with E-state index in [1.165, 1.54) is 24.2 Å². The molecule has 0 amide bonds. The van der Waals surface area contributed by atoms with Gasteiger partial charge in [-0.25, -0.2) is 5.01 Å². The zero-order valence-corrected chi connectivity index (χ0v) is 7.67. The van der Waals surface area contributed by atoms with Gasteiger partial charge in [0, 0.05) is 13.6 Å². The molecule has 1 rings (SSSR count). The average Bonchev–Trinajstić information content (AvgIpc) is 2.01. The van der Waals surface area contributed by atoms with E-state index in [9.17, 15) is 13.2 Å². The van der Waals surface area contributed by atoms with Crippen molar-refractivity contribution in [3.8, 4) is 0 Å². The number of nitrogens with two attached hydrogens (primary N) is 1. The predicted octanol–water partition coefficient (Wildman–Crippen LogP) is 2.01. The monoisotopic (exact) mass is 204 g/mol. The molecule has 14 heavy (non-hydrogen) atoms. The van der Waals surface area contributed by atoms with Gasteiger partial charge in [-0.2, -0.15) is 13.2 Å². The third-order valence-corrected chi connectivity index (χ3v) is 1.74. The average molecular weight is 204 g/mol. The van der Waals surface area contributed by atoms with Crippen LogP contribution in [0.1, 0.15) is 11.1 Å². The lowest BCUT2D eigenvalue weighted by Crippen LogP contribution is -2.26. The first-order valence-electron chi connectivity index (χ1n) is 4.02. The van der Waals surface area contributed by atoms with Gasteiger partial charge in [0.1, 0.15) is 0 Å². The summed E-state index contributed by atoms with van der Waals surface area (Å²) in [6.45, 7) is 0.0791. The van der Waals surface area contributed by atoms with Crippen molar-refractivity contribution in [2.24, 2.45) is 5.84 Å². The molecule has 0 aliphatic carbocycles. The van der Waals surface area contributed by atoms with E-state index in [1.54, 1.807) is 6.07 Å². The van der Waals surface area contributed by atoms with E-state index in [0.29, 0.717) is 0 Å². The van der Waals surface area contributed by atoms with Crippen LogP contribution in [0.3, 0.4) is 0 Å². The highest BCUT2D eigenvalue weighted by Crippen LogP contribution is 2.31. The molecule has 0 radical (unpaired) electrons. The Kier molecular flexibility index (Phi) is 3.13. The summed E-state index contributed by atoms with van der Waals surface area (Å²) in [5, 5.41) is 1.21. The van der Waals surface area contributed by atoms with Crippen molar-refractivity contribution in [1.29, 1.82) is 0 Å². The summed E-state index contributed by atoms with van der Waals surface area (Å²) in [7, 11) is 1.52. The number of rotatable bonds is 2. The Balaban J connectivity index is 3.04. The lowest BCUT2D eigenvalue weighted by atomic mass is 10.1. The first-order valence-corrected chi connectivity index (χ1v) is 4.02. The summed E-state index contributed by atoms with van der Waals surface area (Å²) in [5.41, 5.74) is -0.442. The molecular weight excluding hydrogens is 193 g/mol. The van der Waals surface area contributed by atoms with Gasteiger partial charge in [0.05, 0.1) is 5.56 Å². The molecule has 78 valence electrons. The minimum atomic E-state index is -4.31. The molecule has 1 aromatic carbocycles. The summed E-state index contributed by atoms with van der Waals surface area (Å²) < 4.78 is 37.3. The fourth-order valence-corrected chi connectivity index (χ4v) is 1.20. The summed E-state index contributed by atoms with van der Waals surface area (Å²) in [6.07, 6.45) is -4.31. The standard InChI is InChI=1S/C9H11F3N2/c1-14(13)6-7-4-2-3-5-8(7)9(10,11)12/h2-5H,6,13H2,1H3. The number of hydrogen-bond donors (Lipinski definition) is 1. The normalized spacial score (nSPS) is 12.1. The number of nitrogens with zero attached hydrogens (tertiary/aromatic N) is 1. The van der Waals surface area contributed by atoms with Gasteiger partial charge in [-0.05, 0) is 11.6 Å². The summed E-state index contributed by atoms with van der Waals surface area (Å²) in [5.74, 6) is 5.30. The van der Waals surface area contributed by atoms with Crippen LogP contribution in [0, 0.1) is 0 Å². The molecule has 0 atom stereocenters. The van der Waals surface area contributed by atoms with E-state index >= 15 is 0 Å². The zero-order chi connectivity index (χ0) is 10.8. The van der Waals surface area contributed by atoms with Gasteiger partial charge in [-0.15, -0.1) is 0 Å². The van der Waals surface area contributed by atoms with Crippen molar-refractivity contribution in [3.05, 3.63) is 35.4 Å². The Morgan fingerprint density at radius 3 is 2.36 bits per heavy atom. The third-order valence-electron chi connectivity index (χ3n) is 1.74. The number of alkyl halides is 3. The van der Waals surface area contributed by atoms with E-state index in [2.05, 4.69) is 0 Å². The molecule has 2 nitrogen and oxygen atoms in total. The quantitative estimate of drug-likeness (QED) is 0.589. The molecule has 0 unspecified atom stereocenters. The van der Waals surface area contributed by atoms with E-state index in [1.807, 2.05) is 0 Å². The van der Waals surface area contributed by atoms with Crippen LogP contribution in [0.4, 0.5) is 13.2 Å². The van der Waals surface area contributed by atoms with Crippen LogP contribution < -0.4 is 5.84 Å². The Hall–Kier alpha value is -1.07. The Morgan fingerprint density at radius 1 is 1.29 bits per heavy atom. The lowest BCUT2D eigenvalue weighted by molar-refractivity contribution is -0.138. The van der Waals surface area contributed by atoms with Crippen molar-refractivity contribution in [2.75, 3.05) is 7.05 Å². The van der Waals surface area contributed by atoms with Gasteiger partial charge in [-0.1, -0.05) is 18.2 Å². The van der Waals surface area contributed by atoms with Gasteiger partial charge in [0.15, 0.2) is 0 Å². The first-order chi connectivity index (χ1) is 6.41. The number of halogens is 3. The van der Waals surface area contributed by atoms with Crippen molar-refractivity contribution in [2.45, 2.75) is 12.7 Å². The molecule has 5 heteroatoms. The maximum absolute atomic E-state index is 12.4. The molecule has 0 aromatic heterocycles. The minimum Gasteiger partial charge on any atom is -0.269 e. The molecular formula is C9H11F3N2. The molecule has 0 saturated heterocycles. The van der Waals surface area contributed by atoms with E-state index in [-0.39, 0.29) is 12.1 Å². The van der Waals surface area contributed by atoms with Crippen LogP contribution in [0.25, 0.3) is 0 Å². The molecule has 0 aliphatic rings. The van der Waals surface area contributed by atoms with Crippen molar-refractivity contribution in [1.82, 2.24) is 5.01 Å². The van der Waals surface area contributed by atoms with Gasteiger partial charge in [0.2, 0.25) is 0 Å². The number of benzene rings is 1. The summed E-state index contributed by atoms with van der Waals surface area (Å²) >= 11 is 0. The van der Waals surface area contributed by atoms with Gasteiger partial charge >= 0.3 is 6.18 Å². The highest BCUT2D eigenvalue weighted by Gasteiger charge is 2.32. The highest BCUT2D eigenvalue weighted by molar-refractivity contribution is 5.29. The smallest absolute Gasteiger partial charge is 0.269 e. The molecule has 0 spiro atoms. The van der Waals surface area contributed by atoms with E-state index < -0.39 is 11.7 Å². The molecule has 0 bridgehead atoms. The maximum Gasteiger partial charge on any atom is 0.416 e. The van der Waals surface area contributed by atoms with Gasteiger partial charge < -0.3 is 0 Å². The SMILES string of the molecule is CN(N)Cc1ccccc1C(F)(F)F. The Bertz CT molecular complexity index is 307. The van der Waals surface area contributed by atoms with Crippen LogP contribution in [-0.2, 0) is 12.7 Å². The van der Waals surface area contributed by atoms with E-state index in [4.69, 9.17) is 5.84 Å². The third kappa shape index (κ3) is 2.71. The highest BCUT2D eigenvalue weighted by atomic mass is 19.4. The fraction of sp³-hybridized carbons (Fsp3) is 0.333. The molecule has 0 heterocycles. The molecule has 1 aromatic rings. The Labute approximate surface area is 80.1 Å². The van der Waals surface area contributed by atoms with Crippen LogP contribution in [0.5, 0.6) is 0 Å². The molecule has 0 saturated carbocycles. The molecule has 0 aliphatic heterocycles. The second-order valence-corrected chi connectivity index (χ2v) is 3.07. The van der Waals surface area contributed by atoms with Crippen molar-refractivity contribution in [3.63, 3.8) is 0 Å². The summed E-state index contributed by atoms with van der Waals surface area (Å²) in [4.78, 5) is 0. The van der Waals surface area contributed by atoms with Crippen molar-refractivity contribution < 1.29 is 13.2 Å². The van der Waals surface area contributed by atoms with E-state index in [0.717, 1.165) is 6.07 Å². The second-order valence-electron chi connectivity index (χ2n) is 3.07. The molecule has 0 fully saturated rings. The first kappa shape index (κ1) is 11.0. The zero-order valence-electron chi connectivity index (χ0n) is 7.67. The van der Waals surface area contributed by atoms with Crippen LogP contribution >= 0.6 is 0 Å². The minimum absolute atomic E-state index is 0.0791. The molecule has 2 N–H and O–H groups in total.